The maximum absolute atomic E-state index is 15.4. The van der Waals surface area contributed by atoms with E-state index >= 15 is 33.6 Å². The molecule has 2 aliphatic rings. The Balaban J connectivity index is 1.18. The van der Waals surface area contributed by atoms with Gasteiger partial charge in [0.1, 0.15) is 78.0 Å². The number of rotatable bonds is 19. The number of phenolic OH excluding ortho intramolecular Hbond substituents is 2. The number of likely N-dealkylation sites (N-methyl/N-ethyl adjacent to an activating group) is 4. The summed E-state index contributed by atoms with van der Waals surface area (Å²) < 4.78 is 0. The van der Waals surface area contributed by atoms with E-state index in [0.29, 0.717) is 57.2 Å². The zero-order chi connectivity index (χ0) is 89.3. The molecule has 1 saturated heterocycles. The number of thioether (sulfide) groups is 1. The number of nitrogens with one attached hydrogen (secondary N) is 10. The number of aromatic amines is 1. The van der Waals surface area contributed by atoms with Gasteiger partial charge in [-0.25, -0.2) is 0 Å². The predicted molar refractivity (Wildman–Crippen MR) is 452 cm³/mol. The summed E-state index contributed by atoms with van der Waals surface area (Å²) in [6, 6.07) is 16.9. The van der Waals surface area contributed by atoms with Crippen LogP contribution in [0.5, 0.6) is 11.5 Å². The molecule has 0 aliphatic carbocycles. The second-order valence-corrected chi connectivity index (χ2v) is 32.5. The van der Waals surface area contributed by atoms with E-state index < -0.39 is 199 Å². The number of carbonyl (C=O) groups excluding carboxylic acids is 15. The highest BCUT2D eigenvalue weighted by Crippen LogP contribution is 2.34. The predicted octanol–water partition coefficient (Wildman–Crippen LogP) is 0.992. The van der Waals surface area contributed by atoms with Gasteiger partial charge in [0.05, 0.1) is 31.8 Å². The van der Waals surface area contributed by atoms with Gasteiger partial charge in [-0.2, -0.15) is 0 Å². The maximum Gasteiger partial charge on any atom is 0.305 e. The first kappa shape index (κ1) is 94.6. The van der Waals surface area contributed by atoms with Crippen molar-refractivity contribution in [2.24, 2.45) is 17.6 Å². The Bertz CT molecular complexity index is 4780. The summed E-state index contributed by atoms with van der Waals surface area (Å²) in [6.07, 6.45) is 0.362. The van der Waals surface area contributed by atoms with Gasteiger partial charge in [0.25, 0.3) is 5.91 Å². The molecule has 0 saturated carbocycles. The Morgan fingerprint density at radius 2 is 1.08 bits per heavy atom. The zero-order valence-corrected chi connectivity index (χ0v) is 70.7. The van der Waals surface area contributed by atoms with Crippen molar-refractivity contribution in [2.45, 2.75) is 172 Å². The number of para-hydroxylation sites is 2. The fourth-order valence-corrected chi connectivity index (χ4v) is 15.3. The average molecular weight is 1700 g/mol. The molecule has 36 heteroatoms. The van der Waals surface area contributed by atoms with Gasteiger partial charge in [-0.3, -0.25) is 81.6 Å². The molecule has 35 nitrogen and oxygen atoms in total. The number of primary amides is 1. The molecule has 11 atom stereocenters. The third-order valence-electron chi connectivity index (χ3n) is 21.0. The van der Waals surface area contributed by atoms with Gasteiger partial charge in [0, 0.05) is 88.8 Å². The number of nitrogens with zero attached hydrogens (tertiary/aromatic N) is 5. The van der Waals surface area contributed by atoms with Crippen LogP contribution in [0.3, 0.4) is 0 Å². The van der Waals surface area contributed by atoms with Gasteiger partial charge in [-0.15, -0.1) is 11.8 Å². The molecule has 0 spiro atoms. The van der Waals surface area contributed by atoms with Crippen LogP contribution in [-0.2, 0) is 109 Å². The number of fused-ring (bicyclic) bond motifs is 5. The molecule has 122 heavy (non-hydrogen) atoms. The number of benzene rings is 5. The number of anilines is 1. The molecular weight excluding hydrogens is 1590 g/mol. The first-order valence-electron chi connectivity index (χ1n) is 40.3. The van der Waals surface area contributed by atoms with E-state index in [-0.39, 0.29) is 68.1 Å². The van der Waals surface area contributed by atoms with E-state index in [1.165, 1.54) is 88.5 Å². The van der Waals surface area contributed by atoms with E-state index in [1.807, 2.05) is 6.92 Å². The van der Waals surface area contributed by atoms with Crippen molar-refractivity contribution in [3.8, 4) is 11.5 Å². The average Bonchev–Trinajstić information content (AvgIpc) is 0.873. The zero-order valence-electron chi connectivity index (χ0n) is 69.9. The van der Waals surface area contributed by atoms with E-state index in [2.05, 4.69) is 52.8 Å². The smallest absolute Gasteiger partial charge is 0.305 e. The summed E-state index contributed by atoms with van der Waals surface area (Å²) in [5.41, 5.74) is 8.77. The quantitative estimate of drug-likeness (QED) is 0.0538. The fourth-order valence-electron chi connectivity index (χ4n) is 14.4. The number of aromatic nitrogens is 1. The third-order valence-corrected chi connectivity index (χ3v) is 22.1. The number of aliphatic carboxylic acids is 1. The summed E-state index contributed by atoms with van der Waals surface area (Å²) in [5, 5.41) is 55.2. The normalized spacial score (nSPS) is 22.8. The Labute approximate surface area is 710 Å². The SMILES string of the molecule is CCCC[C@H]1C(=O)N(C)CC(=O)N[C@@H](CC(=O)O)C(=O)N[C@@H](C(C)C)C(=O)N(C)[C@@H](Cc2ccccc2)C(=O)N[C@@H](Cc2ccc(O)cc2)C(=O)N(C)CC(=O)N[C@@H](Cc2c[nH]c3ccccc23)C(=O)N[C@@H](Cc2ccc(O)cc2)C(=O)N[C@@H](CC(C)C)C(=O)N[C@H](C(=O)NCC(N)=O)CSCC(=O)N[C@@H](C)C(=O)N(C)[C@H]2Cc3ccccc3N1C2=O. The number of hydrogen-bond acceptors (Lipinski definition) is 19. The number of carbonyl (C=O) groups is 16. The number of nitrogens with two attached hydrogens (primary N) is 1. The lowest BCUT2D eigenvalue weighted by Crippen LogP contribution is -2.62. The van der Waals surface area contributed by atoms with Gasteiger partial charge < -0.3 is 93.5 Å². The number of carboxylic acids is 1. The van der Waals surface area contributed by atoms with Crippen LogP contribution in [0.4, 0.5) is 5.69 Å². The summed E-state index contributed by atoms with van der Waals surface area (Å²) in [5.74, 6) is -17.2. The highest BCUT2D eigenvalue weighted by atomic mass is 32.2. The Hall–Kier alpha value is -12.9. The molecule has 8 rings (SSSR count). The minimum absolute atomic E-state index is 0.0361. The molecule has 15 amide bonds. The van der Waals surface area contributed by atoms with Gasteiger partial charge in [-0.1, -0.05) is 138 Å². The van der Waals surface area contributed by atoms with E-state index in [4.69, 9.17) is 5.73 Å². The second kappa shape index (κ2) is 44.4. The number of hydrogen-bond donors (Lipinski definition) is 14. The van der Waals surface area contributed by atoms with Crippen LogP contribution in [0.1, 0.15) is 101 Å². The molecule has 654 valence electrons. The van der Waals surface area contributed by atoms with Crippen molar-refractivity contribution >= 4 is 123 Å². The Kier molecular flexibility index (Phi) is 34.4. The van der Waals surface area contributed by atoms with Gasteiger partial charge in [0.15, 0.2) is 0 Å². The summed E-state index contributed by atoms with van der Waals surface area (Å²) in [6.45, 7) is 7.57. The fraction of sp³-hybridized carbons (Fsp3) is 0.442. The molecule has 3 heterocycles. The Morgan fingerprint density at radius 3 is 1.69 bits per heavy atom. The first-order chi connectivity index (χ1) is 57.9. The maximum atomic E-state index is 15.4. The minimum atomic E-state index is -1.90. The van der Waals surface area contributed by atoms with Crippen molar-refractivity contribution in [3.63, 3.8) is 0 Å². The lowest BCUT2D eigenvalue weighted by atomic mass is 9.92. The summed E-state index contributed by atoms with van der Waals surface area (Å²) in [7, 11) is 5.15. The highest BCUT2D eigenvalue weighted by molar-refractivity contribution is 8.00. The van der Waals surface area contributed by atoms with Crippen molar-refractivity contribution in [1.82, 2.24) is 72.4 Å². The number of carboxylic acid groups (broad SMARTS) is 1. The number of H-pyrrole nitrogens is 1. The van der Waals surface area contributed by atoms with Crippen molar-refractivity contribution < 1.29 is 92.0 Å². The van der Waals surface area contributed by atoms with E-state index in [1.54, 1.807) is 113 Å². The van der Waals surface area contributed by atoms with Crippen LogP contribution >= 0.6 is 11.8 Å². The number of amides is 15. The molecule has 0 radical (unpaired) electrons. The standard InChI is InChI=1S/C86H110N16O19S/c1-11-12-25-67-84(119)99(8)45-72(107)92-63(41-74(109)110)80(115)97-75(49(4)5)86(121)100(9)68(38-51-20-14-13-15-21-51)81(116)95-64(37-53-29-33-57(104)34-30-53)83(118)98(7)44-71(106)91-62(39-55-42-88-59-24-18-17-23-58(55)59)79(114)94-61(36-52-27-31-56(103)32-28-52)78(113)93-60(35-48(2)3)77(112)96-65(76(111)89-43-70(87)105)46-122-47-73(108)90-50(6)82(117)101(10)69-40-54-22-16-19-26-66(54)102(67)85(69)120/h13-24,26-34,42,48-50,60-65,67-69,75,88,103-104H,11-12,25,35-41,43-47H2,1-10H3,(H2,87,105)(H,89,111)(H,90,108)(H,91,106)(H,92,107)(H,93,113)(H,94,114)(H,95,116)(H,96,112)(H,97,115)(H,109,110)/t50-,60-,61-,62-,63-,64-,65-,67-,68-,69-,75-/m0/s1. The molecule has 15 N–H and O–H groups in total. The van der Waals surface area contributed by atoms with Gasteiger partial charge in [-0.05, 0) is 95.8 Å². The summed E-state index contributed by atoms with van der Waals surface area (Å²) in [4.78, 5) is 240. The monoisotopic (exact) mass is 1700 g/mol. The van der Waals surface area contributed by atoms with Crippen molar-refractivity contribution in [1.29, 1.82) is 0 Å². The van der Waals surface area contributed by atoms with Crippen LogP contribution in [0.2, 0.25) is 0 Å². The van der Waals surface area contributed by atoms with Crippen LogP contribution in [0, 0.1) is 11.8 Å². The number of phenols is 2. The van der Waals surface area contributed by atoms with Crippen LogP contribution in [0.15, 0.2) is 134 Å². The largest absolute Gasteiger partial charge is 0.508 e. The molecule has 0 unspecified atom stereocenters. The third kappa shape index (κ3) is 26.6. The topological polar surface area (TPSA) is 500 Å². The Morgan fingerprint density at radius 1 is 0.541 bits per heavy atom. The molecule has 1 aromatic heterocycles. The lowest BCUT2D eigenvalue weighted by molar-refractivity contribution is -0.145. The van der Waals surface area contributed by atoms with E-state index in [0.717, 1.165) is 31.4 Å². The molecule has 5 aromatic carbocycles. The van der Waals surface area contributed by atoms with Crippen molar-refractivity contribution in [2.75, 3.05) is 64.2 Å². The number of unbranched alkanes of at least 4 members (excludes halogenated alkanes) is 1. The van der Waals surface area contributed by atoms with Crippen LogP contribution < -0.4 is 58.5 Å². The van der Waals surface area contributed by atoms with E-state index in [9.17, 15) is 58.5 Å². The van der Waals surface area contributed by atoms with Gasteiger partial charge >= 0.3 is 5.97 Å². The van der Waals surface area contributed by atoms with Crippen LogP contribution in [-0.4, -0.2) is 260 Å². The highest BCUT2D eigenvalue weighted by Gasteiger charge is 2.45. The molecule has 2 bridgehead atoms. The summed E-state index contributed by atoms with van der Waals surface area (Å²) >= 11 is 0.827. The lowest BCUT2D eigenvalue weighted by Gasteiger charge is -2.42. The molecular formula is C86H110N16O19S. The molecule has 2 aliphatic heterocycles. The molecule has 6 aromatic rings. The minimum Gasteiger partial charge on any atom is -0.508 e. The van der Waals surface area contributed by atoms with Crippen molar-refractivity contribution in [3.05, 3.63) is 161 Å². The first-order valence-corrected chi connectivity index (χ1v) is 41.4. The van der Waals surface area contributed by atoms with Gasteiger partial charge in [0.2, 0.25) is 82.7 Å². The second-order valence-electron chi connectivity index (χ2n) is 31.4. The number of aromatic hydroxyl groups is 2. The van der Waals surface area contributed by atoms with Crippen LogP contribution in [0.25, 0.3) is 10.9 Å². The molecule has 1 fully saturated rings.